The van der Waals surface area contributed by atoms with Crippen LogP contribution in [0.4, 0.5) is 10.5 Å². The molecule has 0 radical (unpaired) electrons. The first-order valence-corrected chi connectivity index (χ1v) is 8.19. The fourth-order valence-electron chi connectivity index (χ4n) is 2.11. The molecule has 1 aromatic carbocycles. The molecule has 1 atom stereocenters. The maximum Gasteiger partial charge on any atom is 0.325 e. The third-order valence-electron chi connectivity index (χ3n) is 3.51. The van der Waals surface area contributed by atoms with E-state index in [0.29, 0.717) is 17.7 Å². The first-order chi connectivity index (χ1) is 12.4. The fraction of sp³-hybridized carbons (Fsp3) is 0.412. The van der Waals surface area contributed by atoms with Crippen LogP contribution < -0.4 is 21.7 Å². The number of hydrogen-bond donors (Lipinski definition) is 4. The third-order valence-corrected chi connectivity index (χ3v) is 3.51. The van der Waals surface area contributed by atoms with Crippen LogP contribution >= 0.6 is 0 Å². The van der Waals surface area contributed by atoms with E-state index in [1.54, 1.807) is 12.1 Å². The van der Waals surface area contributed by atoms with E-state index < -0.39 is 23.9 Å². The van der Waals surface area contributed by atoms with Crippen LogP contribution in [0.1, 0.15) is 36.5 Å². The lowest BCUT2D eigenvalue weighted by Crippen LogP contribution is -2.46. The van der Waals surface area contributed by atoms with E-state index in [1.807, 2.05) is 6.92 Å². The SMILES string of the molecule is CCCCC(NC(N)=O)C(=O)Nc1ccc(C(=O)NCC(=O)OC)cc1. The summed E-state index contributed by atoms with van der Waals surface area (Å²) in [4.78, 5) is 46.2. The van der Waals surface area contributed by atoms with Gasteiger partial charge in [0.2, 0.25) is 5.91 Å². The third kappa shape index (κ3) is 7.20. The number of amides is 4. The Morgan fingerprint density at radius 3 is 2.35 bits per heavy atom. The number of anilines is 1. The van der Waals surface area contributed by atoms with Crippen LogP contribution in [0, 0.1) is 0 Å². The minimum absolute atomic E-state index is 0.230. The Hall–Kier alpha value is -3.10. The Morgan fingerprint density at radius 1 is 1.15 bits per heavy atom. The van der Waals surface area contributed by atoms with Crippen molar-refractivity contribution in [2.75, 3.05) is 19.0 Å². The summed E-state index contributed by atoms with van der Waals surface area (Å²) in [6.45, 7) is 1.74. The maximum atomic E-state index is 12.3. The van der Waals surface area contributed by atoms with E-state index in [-0.39, 0.29) is 12.5 Å². The molecular weight excluding hydrogens is 340 g/mol. The van der Waals surface area contributed by atoms with E-state index >= 15 is 0 Å². The van der Waals surface area contributed by atoms with Gasteiger partial charge >= 0.3 is 12.0 Å². The second-order valence-corrected chi connectivity index (χ2v) is 5.53. The smallest absolute Gasteiger partial charge is 0.325 e. The molecule has 0 saturated carbocycles. The van der Waals surface area contributed by atoms with Crippen LogP contribution in [-0.4, -0.2) is 43.5 Å². The zero-order valence-electron chi connectivity index (χ0n) is 14.8. The van der Waals surface area contributed by atoms with E-state index in [4.69, 9.17) is 5.73 Å². The lowest BCUT2D eigenvalue weighted by molar-refractivity contribution is -0.139. The summed E-state index contributed by atoms with van der Waals surface area (Å²) in [6, 6.07) is 4.61. The first-order valence-electron chi connectivity index (χ1n) is 8.19. The molecule has 5 N–H and O–H groups in total. The number of esters is 1. The molecular formula is C17H24N4O5. The highest BCUT2D eigenvalue weighted by Gasteiger charge is 2.19. The van der Waals surface area contributed by atoms with Crippen molar-refractivity contribution in [1.29, 1.82) is 0 Å². The van der Waals surface area contributed by atoms with E-state index in [0.717, 1.165) is 12.8 Å². The van der Waals surface area contributed by atoms with Gasteiger partial charge in [-0.05, 0) is 30.7 Å². The Balaban J connectivity index is 2.66. The number of nitrogens with one attached hydrogen (secondary N) is 3. The summed E-state index contributed by atoms with van der Waals surface area (Å²) in [5.74, 6) is -1.38. The molecule has 0 fully saturated rings. The van der Waals surface area contributed by atoms with Crippen molar-refractivity contribution in [3.8, 4) is 0 Å². The number of urea groups is 1. The molecule has 0 aromatic heterocycles. The summed E-state index contributed by atoms with van der Waals surface area (Å²) in [5, 5.41) is 7.49. The van der Waals surface area contributed by atoms with Crippen LogP contribution in [-0.2, 0) is 14.3 Å². The van der Waals surface area contributed by atoms with Gasteiger partial charge in [0.05, 0.1) is 7.11 Å². The van der Waals surface area contributed by atoms with Gasteiger partial charge in [-0.25, -0.2) is 4.79 Å². The molecule has 1 rings (SSSR count). The van der Waals surface area contributed by atoms with Crippen molar-refractivity contribution in [3.05, 3.63) is 29.8 Å². The number of ether oxygens (including phenoxy) is 1. The van der Waals surface area contributed by atoms with Crippen LogP contribution in [0.25, 0.3) is 0 Å². The number of methoxy groups -OCH3 is 1. The summed E-state index contributed by atoms with van der Waals surface area (Å²) in [5.41, 5.74) is 5.89. The molecule has 9 heteroatoms. The van der Waals surface area contributed by atoms with E-state index in [9.17, 15) is 19.2 Å². The second kappa shape index (κ2) is 10.7. The minimum Gasteiger partial charge on any atom is -0.468 e. The predicted octanol–water partition coefficient (Wildman–Crippen LogP) is 0.755. The van der Waals surface area contributed by atoms with Crippen molar-refractivity contribution >= 4 is 29.5 Å². The van der Waals surface area contributed by atoms with Crippen molar-refractivity contribution in [2.45, 2.75) is 32.2 Å². The number of unbranched alkanes of at least 4 members (excludes halogenated alkanes) is 1. The quantitative estimate of drug-likeness (QED) is 0.479. The van der Waals surface area contributed by atoms with Gasteiger partial charge in [0.15, 0.2) is 0 Å². The molecule has 4 amide bonds. The first kappa shape index (κ1) is 20.9. The van der Waals surface area contributed by atoms with Crippen molar-refractivity contribution < 1.29 is 23.9 Å². The minimum atomic E-state index is -0.765. The molecule has 0 saturated heterocycles. The lowest BCUT2D eigenvalue weighted by Gasteiger charge is -2.17. The van der Waals surface area contributed by atoms with Gasteiger partial charge in [-0.1, -0.05) is 19.8 Å². The molecule has 0 heterocycles. The lowest BCUT2D eigenvalue weighted by atomic mass is 10.1. The molecule has 0 aliphatic rings. The molecule has 0 spiro atoms. The number of rotatable bonds is 9. The highest BCUT2D eigenvalue weighted by Crippen LogP contribution is 2.11. The molecule has 1 aromatic rings. The molecule has 26 heavy (non-hydrogen) atoms. The van der Waals surface area contributed by atoms with Gasteiger partial charge in [-0.3, -0.25) is 14.4 Å². The summed E-state index contributed by atoms with van der Waals surface area (Å²) in [7, 11) is 1.23. The Labute approximate surface area is 151 Å². The van der Waals surface area contributed by atoms with E-state index in [2.05, 4.69) is 20.7 Å². The number of benzene rings is 1. The van der Waals surface area contributed by atoms with Gasteiger partial charge < -0.3 is 26.4 Å². The highest BCUT2D eigenvalue weighted by molar-refractivity contribution is 5.98. The average Bonchev–Trinajstić information content (AvgIpc) is 2.63. The molecule has 0 aliphatic carbocycles. The molecule has 1 unspecified atom stereocenters. The van der Waals surface area contributed by atoms with Gasteiger partial charge in [0.1, 0.15) is 12.6 Å². The van der Waals surface area contributed by atoms with Crippen molar-refractivity contribution in [3.63, 3.8) is 0 Å². The number of hydrogen-bond acceptors (Lipinski definition) is 5. The maximum absolute atomic E-state index is 12.3. The zero-order valence-corrected chi connectivity index (χ0v) is 14.8. The van der Waals surface area contributed by atoms with E-state index in [1.165, 1.54) is 19.2 Å². The van der Waals surface area contributed by atoms with Crippen LogP contribution in [0.15, 0.2) is 24.3 Å². The number of carbonyl (C=O) groups excluding carboxylic acids is 4. The highest BCUT2D eigenvalue weighted by atomic mass is 16.5. The summed E-state index contributed by atoms with van der Waals surface area (Å²) >= 11 is 0. The zero-order chi connectivity index (χ0) is 19.5. The van der Waals surface area contributed by atoms with Crippen LogP contribution in [0.3, 0.4) is 0 Å². The van der Waals surface area contributed by atoms with Gasteiger partial charge in [0, 0.05) is 11.3 Å². The molecule has 9 nitrogen and oxygen atoms in total. The van der Waals surface area contributed by atoms with Gasteiger partial charge in [0.25, 0.3) is 5.91 Å². The fourth-order valence-corrected chi connectivity index (χ4v) is 2.11. The van der Waals surface area contributed by atoms with Crippen LogP contribution in [0.2, 0.25) is 0 Å². The Kier molecular flexibility index (Phi) is 8.62. The second-order valence-electron chi connectivity index (χ2n) is 5.53. The summed E-state index contributed by atoms with van der Waals surface area (Å²) in [6.07, 6.45) is 2.11. The topological polar surface area (TPSA) is 140 Å². The normalized spacial score (nSPS) is 11.2. The largest absolute Gasteiger partial charge is 0.468 e. The molecule has 0 bridgehead atoms. The molecule has 142 valence electrons. The Morgan fingerprint density at radius 2 is 1.81 bits per heavy atom. The summed E-state index contributed by atoms with van der Waals surface area (Å²) < 4.78 is 4.44. The number of nitrogens with two attached hydrogens (primary N) is 1. The van der Waals surface area contributed by atoms with Gasteiger partial charge in [-0.2, -0.15) is 0 Å². The monoisotopic (exact) mass is 364 g/mol. The standard InChI is InChI=1S/C17H24N4O5/c1-3-4-5-13(21-17(18)25)16(24)20-12-8-6-11(7-9-12)15(23)19-10-14(22)26-2/h6-9,13H,3-5,10H2,1-2H3,(H,19,23)(H,20,24)(H3,18,21,25). The number of carbonyl (C=O) groups is 4. The van der Waals surface area contributed by atoms with Gasteiger partial charge in [-0.15, -0.1) is 0 Å². The Bertz CT molecular complexity index is 645. The van der Waals surface area contributed by atoms with Crippen molar-refractivity contribution in [2.24, 2.45) is 5.73 Å². The van der Waals surface area contributed by atoms with Crippen molar-refractivity contribution in [1.82, 2.24) is 10.6 Å². The predicted molar refractivity (Wildman–Crippen MR) is 95.5 cm³/mol. The van der Waals surface area contributed by atoms with Crippen LogP contribution in [0.5, 0.6) is 0 Å². The number of primary amides is 1. The average molecular weight is 364 g/mol. The molecule has 0 aliphatic heterocycles.